The average molecular weight is 1420 g/mol. The quantitative estimate of drug-likeness (QED) is 0.107. The Kier molecular flexibility index (Phi) is 15.2. The largest absolute Gasteiger partial charge is 0.454 e. The molecule has 1 aliphatic carbocycles. The van der Waals surface area contributed by atoms with Crippen LogP contribution in [-0.4, -0.2) is 0 Å². The number of rotatable bonds is 13. The highest BCUT2D eigenvalue weighted by Crippen LogP contribution is 2.61. The smallest absolute Gasteiger partial charge is 0.159 e. The van der Waals surface area contributed by atoms with Crippen molar-refractivity contribution >= 4 is 121 Å². The molecule has 0 aliphatic heterocycles. The van der Waals surface area contributed by atoms with Gasteiger partial charge < -0.3 is 14.2 Å². The Labute approximate surface area is 649 Å². The van der Waals surface area contributed by atoms with Gasteiger partial charge in [-0.2, -0.15) is 0 Å². The van der Waals surface area contributed by atoms with Crippen LogP contribution in [0.5, 0.6) is 0 Å². The monoisotopic (exact) mass is 1420 g/mol. The number of fused-ring (bicyclic) bond motifs is 14. The van der Waals surface area contributed by atoms with Crippen LogP contribution in [-0.2, 0) is 5.41 Å². The van der Waals surface area contributed by atoms with Crippen LogP contribution in [0.4, 0.5) is 34.1 Å². The molecule has 20 aromatic carbocycles. The molecule has 22 rings (SSSR count). The molecule has 522 valence electrons. The molecular weight excluding hydrogens is 1350 g/mol. The Bertz CT molecular complexity index is 7310. The van der Waals surface area contributed by atoms with E-state index in [0.29, 0.717) is 0 Å². The van der Waals surface area contributed by atoms with E-state index in [1.165, 1.54) is 98.4 Å². The maximum absolute atomic E-state index is 6.98. The van der Waals surface area contributed by atoms with Crippen molar-refractivity contribution in [3.63, 3.8) is 0 Å². The fourth-order valence-corrected chi connectivity index (χ4v) is 18.6. The zero-order valence-corrected chi connectivity index (χ0v) is 61.2. The van der Waals surface area contributed by atoms with E-state index in [0.717, 1.165) is 111 Å². The highest BCUT2D eigenvalue weighted by Gasteiger charge is 2.47. The van der Waals surface area contributed by atoms with Crippen LogP contribution >= 0.6 is 0 Å². The molecule has 1 aliphatic rings. The normalized spacial score (nSPS) is 12.4. The van der Waals surface area contributed by atoms with Crippen LogP contribution in [0.1, 0.15) is 22.3 Å². The van der Waals surface area contributed by atoms with Gasteiger partial charge >= 0.3 is 0 Å². The molecule has 0 saturated carbocycles. The van der Waals surface area contributed by atoms with Gasteiger partial charge in [0.25, 0.3) is 0 Å². The first kappa shape index (κ1) is 64.5. The topological polar surface area (TPSA) is 19.6 Å². The second-order valence-corrected chi connectivity index (χ2v) is 29.7. The van der Waals surface area contributed by atoms with Gasteiger partial charge in [-0.15, -0.1) is 0 Å². The van der Waals surface area contributed by atoms with E-state index in [9.17, 15) is 0 Å². The average Bonchev–Trinajstić information content (AvgIpc) is 1.60. The molecule has 112 heavy (non-hydrogen) atoms. The third kappa shape index (κ3) is 10.4. The minimum Gasteiger partial charge on any atom is -0.454 e. The van der Waals surface area contributed by atoms with E-state index < -0.39 is 5.41 Å². The van der Waals surface area contributed by atoms with E-state index in [1.807, 2.05) is 0 Å². The fourth-order valence-electron chi connectivity index (χ4n) is 18.6. The molecular formula is C109H70N2O. The summed E-state index contributed by atoms with van der Waals surface area (Å²) in [6.07, 6.45) is 0. The van der Waals surface area contributed by atoms with E-state index >= 15 is 0 Å². The first-order chi connectivity index (χ1) is 55.5. The lowest BCUT2D eigenvalue weighted by atomic mass is 9.68. The van der Waals surface area contributed by atoms with Crippen LogP contribution < -0.4 is 9.80 Å². The predicted octanol–water partition coefficient (Wildman–Crippen LogP) is 30.1. The van der Waals surface area contributed by atoms with Gasteiger partial charge in [0, 0.05) is 38.8 Å². The molecule has 0 radical (unpaired) electrons. The zero-order chi connectivity index (χ0) is 73.8. The number of para-hydroxylation sites is 3. The van der Waals surface area contributed by atoms with Crippen molar-refractivity contribution in [3.8, 4) is 66.8 Å². The Balaban J connectivity index is 0.734. The number of hydrogen-bond donors (Lipinski definition) is 0. The minimum absolute atomic E-state index is 0.630. The number of furan rings is 1. The molecule has 0 atom stereocenters. The predicted molar refractivity (Wildman–Crippen MR) is 473 cm³/mol. The molecule has 0 N–H and O–H groups in total. The van der Waals surface area contributed by atoms with Gasteiger partial charge in [0.05, 0.1) is 28.2 Å². The molecule has 3 nitrogen and oxygen atoms in total. The van der Waals surface area contributed by atoms with Gasteiger partial charge in [-0.3, -0.25) is 0 Å². The van der Waals surface area contributed by atoms with Crippen molar-refractivity contribution in [1.29, 1.82) is 0 Å². The van der Waals surface area contributed by atoms with Crippen molar-refractivity contribution in [2.45, 2.75) is 5.41 Å². The van der Waals surface area contributed by atoms with Crippen molar-refractivity contribution in [1.82, 2.24) is 0 Å². The third-order valence-corrected chi connectivity index (χ3v) is 23.6. The first-order valence-electron chi connectivity index (χ1n) is 38.7. The second-order valence-electron chi connectivity index (χ2n) is 29.7. The third-order valence-electron chi connectivity index (χ3n) is 23.6. The molecule has 0 spiro atoms. The second kappa shape index (κ2) is 26.3. The molecule has 0 saturated heterocycles. The maximum Gasteiger partial charge on any atom is 0.159 e. The molecule has 3 heteroatoms. The summed E-state index contributed by atoms with van der Waals surface area (Å²) in [7, 11) is 0. The van der Waals surface area contributed by atoms with Crippen molar-refractivity contribution in [2.24, 2.45) is 0 Å². The summed E-state index contributed by atoms with van der Waals surface area (Å²) in [5, 5.41) is 16.6. The Morgan fingerprint density at radius 3 is 1.29 bits per heavy atom. The highest BCUT2D eigenvalue weighted by atomic mass is 16.3. The number of nitrogens with zero attached hydrogens (tertiary/aromatic N) is 2. The van der Waals surface area contributed by atoms with Crippen molar-refractivity contribution in [3.05, 3.63) is 447 Å². The fraction of sp³-hybridized carbons (Fsp3) is 0.00917. The standard InChI is InChI=1S/C109H70N2O/c1-3-33-83(34-4-1)109(84-35-5-2-6-36-84)100-49-20-17-47-96(100)107-101(109)50-26-52-104(107)110(85-37-23-31-76(66-85)97-69-78-29-9-11-39-87(78)90-42-13-15-44-92(90)97)103-62-61-75(68-99(103)81-60-56-71-27-7-8-28-73(71)63-81)74-58-55-72-57-59-80(65-82(72)64-74)89-41-18-21-51-102(89)111(105-53-25-48-95-94-46-19-22-54-106(94)112-108(95)105)86-38-24-32-77(67-86)98-70-79-30-10-12-40-88(79)91-43-14-16-45-93(91)98/h1-70H. The van der Waals surface area contributed by atoms with Gasteiger partial charge in [0.1, 0.15) is 5.58 Å². The van der Waals surface area contributed by atoms with Gasteiger partial charge in [0.2, 0.25) is 0 Å². The van der Waals surface area contributed by atoms with E-state index in [1.54, 1.807) is 0 Å². The van der Waals surface area contributed by atoms with Crippen LogP contribution in [0.15, 0.2) is 429 Å². The summed E-state index contributed by atoms with van der Waals surface area (Å²) in [5.74, 6) is 0. The van der Waals surface area contributed by atoms with Crippen LogP contribution in [0.3, 0.4) is 0 Å². The summed E-state index contributed by atoms with van der Waals surface area (Å²) in [6.45, 7) is 0. The summed E-state index contributed by atoms with van der Waals surface area (Å²) in [6, 6.07) is 158. The lowest BCUT2D eigenvalue weighted by Crippen LogP contribution is -2.28. The zero-order valence-electron chi connectivity index (χ0n) is 61.2. The maximum atomic E-state index is 6.98. The van der Waals surface area contributed by atoms with E-state index in [2.05, 4.69) is 434 Å². The Morgan fingerprint density at radius 1 is 0.196 bits per heavy atom. The molecule has 0 unspecified atom stereocenters. The van der Waals surface area contributed by atoms with Crippen molar-refractivity contribution in [2.75, 3.05) is 9.80 Å². The summed E-state index contributed by atoms with van der Waals surface area (Å²) >= 11 is 0. The Hall–Kier alpha value is -14.6. The summed E-state index contributed by atoms with van der Waals surface area (Å²) in [4.78, 5) is 4.99. The van der Waals surface area contributed by atoms with Crippen molar-refractivity contribution < 1.29 is 4.42 Å². The van der Waals surface area contributed by atoms with Crippen LogP contribution in [0.25, 0.3) is 153 Å². The summed E-state index contributed by atoms with van der Waals surface area (Å²) in [5.41, 5.74) is 25.9. The van der Waals surface area contributed by atoms with Gasteiger partial charge in [-0.25, -0.2) is 0 Å². The first-order valence-corrected chi connectivity index (χ1v) is 38.7. The molecule has 0 fully saturated rings. The van der Waals surface area contributed by atoms with Gasteiger partial charge in [-0.1, -0.05) is 334 Å². The lowest BCUT2D eigenvalue weighted by Gasteiger charge is -2.34. The van der Waals surface area contributed by atoms with Crippen LogP contribution in [0, 0.1) is 0 Å². The van der Waals surface area contributed by atoms with E-state index in [-0.39, 0.29) is 0 Å². The Morgan fingerprint density at radius 2 is 0.616 bits per heavy atom. The molecule has 0 bridgehead atoms. The highest BCUT2D eigenvalue weighted by molar-refractivity contribution is 6.17. The minimum atomic E-state index is -0.630. The number of benzene rings is 20. The summed E-state index contributed by atoms with van der Waals surface area (Å²) < 4.78 is 6.98. The van der Waals surface area contributed by atoms with Gasteiger partial charge in [0.15, 0.2) is 5.58 Å². The number of anilines is 6. The van der Waals surface area contributed by atoms with E-state index in [4.69, 9.17) is 4.42 Å². The molecule has 1 heterocycles. The molecule has 1 aromatic heterocycles. The SMILES string of the molecule is c1ccc(C2(c3ccccc3)c3ccccc3-c3c(N(c4cccc(-c5cc6ccccc6c6ccccc56)c4)c4ccc(-c5ccc6ccc(-c7ccccc7N(c7cccc(-c8cc9ccccc9c9ccccc89)c7)c7cccc8c7oc7ccccc78)cc6c5)cc4-c4ccc5ccccc5c4)cccc32)cc1. The van der Waals surface area contributed by atoms with Crippen LogP contribution in [0.2, 0.25) is 0 Å². The lowest BCUT2D eigenvalue weighted by molar-refractivity contribution is 0.669. The van der Waals surface area contributed by atoms with Gasteiger partial charge in [-0.05, 0) is 228 Å². The molecule has 0 amide bonds. The number of hydrogen-bond acceptors (Lipinski definition) is 3. The molecule has 21 aromatic rings.